The molecule has 6 nitrogen and oxygen atoms in total. The lowest BCUT2D eigenvalue weighted by atomic mass is 10.1. The van der Waals surface area contributed by atoms with Gasteiger partial charge in [-0.25, -0.2) is 4.79 Å². The molecule has 1 heterocycles. The Morgan fingerprint density at radius 3 is 2.57 bits per heavy atom. The molecule has 0 bridgehead atoms. The van der Waals surface area contributed by atoms with Gasteiger partial charge >= 0.3 is 6.09 Å². The molecule has 0 saturated carbocycles. The molecule has 1 aliphatic rings. The Hall–Kier alpha value is -1.30. The molecular weight excluding hydrogens is 270 g/mol. The number of likely N-dealkylation sites (tertiary alicyclic amines) is 1. The fourth-order valence-electron chi connectivity index (χ4n) is 2.08. The molecule has 1 aliphatic heterocycles. The molecule has 0 spiro atoms. The number of hydrogen-bond donors (Lipinski definition) is 1. The number of nitrogens with zero attached hydrogens (tertiary/aromatic N) is 2. The average molecular weight is 299 g/mol. The molecule has 1 N–H and O–H groups in total. The van der Waals surface area contributed by atoms with Crippen LogP contribution in [0.4, 0.5) is 4.79 Å². The molecule has 1 rings (SSSR count). The van der Waals surface area contributed by atoms with E-state index in [1.54, 1.807) is 11.1 Å². The summed E-state index contributed by atoms with van der Waals surface area (Å²) in [6.45, 7) is 11.6. The second kappa shape index (κ2) is 8.22. The number of ether oxygens (including phenoxy) is 2. The van der Waals surface area contributed by atoms with Crippen LogP contribution in [0.3, 0.4) is 0 Å². The first kappa shape index (κ1) is 17.8. The van der Waals surface area contributed by atoms with Gasteiger partial charge in [-0.05, 0) is 47.5 Å². The first-order chi connectivity index (χ1) is 9.81. The number of carbonyl (C=O) groups excluding carboxylic acids is 1. The zero-order valence-corrected chi connectivity index (χ0v) is 13.9. The predicted molar refractivity (Wildman–Crippen MR) is 83.5 cm³/mol. The maximum absolute atomic E-state index is 11.9. The van der Waals surface area contributed by atoms with Crippen molar-refractivity contribution in [1.82, 2.24) is 10.3 Å². The van der Waals surface area contributed by atoms with Gasteiger partial charge in [-0.2, -0.15) is 5.10 Å². The minimum absolute atomic E-state index is 0.0179. The van der Waals surface area contributed by atoms with Gasteiger partial charge in [0, 0.05) is 25.7 Å². The lowest BCUT2D eigenvalue weighted by Gasteiger charge is -2.33. The fourth-order valence-corrected chi connectivity index (χ4v) is 2.08. The zero-order valence-electron chi connectivity index (χ0n) is 13.9. The van der Waals surface area contributed by atoms with E-state index in [0.29, 0.717) is 25.7 Å². The van der Waals surface area contributed by atoms with Crippen molar-refractivity contribution in [2.75, 3.05) is 19.7 Å². The molecule has 0 aromatic heterocycles. The molecule has 1 saturated heterocycles. The summed E-state index contributed by atoms with van der Waals surface area (Å²) in [6.07, 6.45) is 3.31. The van der Waals surface area contributed by atoms with Crippen molar-refractivity contribution in [3.63, 3.8) is 0 Å². The third-order valence-corrected chi connectivity index (χ3v) is 3.12. The quantitative estimate of drug-likeness (QED) is 0.625. The number of carbonyl (C=O) groups is 1. The van der Waals surface area contributed by atoms with Gasteiger partial charge in [0.25, 0.3) is 0 Å². The van der Waals surface area contributed by atoms with Crippen molar-refractivity contribution in [2.24, 2.45) is 5.10 Å². The summed E-state index contributed by atoms with van der Waals surface area (Å²) in [5, 5.41) is 4.21. The predicted octanol–water partition coefficient (Wildman–Crippen LogP) is 2.39. The first-order valence-corrected chi connectivity index (χ1v) is 7.70. The van der Waals surface area contributed by atoms with E-state index in [1.807, 2.05) is 34.6 Å². The molecule has 0 radical (unpaired) electrons. The topological polar surface area (TPSA) is 63.2 Å². The molecule has 1 amide bonds. The summed E-state index contributed by atoms with van der Waals surface area (Å²) < 4.78 is 10.7. The minimum Gasteiger partial charge on any atom is -0.444 e. The maximum atomic E-state index is 11.9. The second-order valence-corrected chi connectivity index (χ2v) is 6.31. The first-order valence-electron chi connectivity index (χ1n) is 7.70. The molecule has 122 valence electrons. The van der Waals surface area contributed by atoms with E-state index in [9.17, 15) is 4.79 Å². The summed E-state index contributed by atoms with van der Waals surface area (Å²) >= 11 is 0. The summed E-state index contributed by atoms with van der Waals surface area (Å²) in [5.41, 5.74) is 2.69. The SMILES string of the molecule is CCOC(C)/C=N/NC1CCN(C(=O)OC(C)(C)C)CC1. The van der Waals surface area contributed by atoms with Gasteiger partial charge in [0.1, 0.15) is 5.60 Å². The van der Waals surface area contributed by atoms with Crippen LogP contribution < -0.4 is 5.43 Å². The second-order valence-electron chi connectivity index (χ2n) is 6.31. The number of rotatable bonds is 5. The molecule has 21 heavy (non-hydrogen) atoms. The molecular formula is C15H29N3O3. The molecule has 0 aromatic rings. The Morgan fingerprint density at radius 2 is 2.05 bits per heavy atom. The molecule has 0 aromatic carbocycles. The normalized spacial score (nSPS) is 18.8. The van der Waals surface area contributed by atoms with Gasteiger partial charge in [-0.15, -0.1) is 0 Å². The van der Waals surface area contributed by atoms with Crippen molar-refractivity contribution < 1.29 is 14.3 Å². The number of nitrogens with one attached hydrogen (secondary N) is 1. The van der Waals surface area contributed by atoms with Crippen LogP contribution in [-0.4, -0.2) is 54.7 Å². The van der Waals surface area contributed by atoms with Crippen molar-refractivity contribution >= 4 is 12.3 Å². The number of piperidine rings is 1. The van der Waals surface area contributed by atoms with E-state index < -0.39 is 5.60 Å². The van der Waals surface area contributed by atoms with E-state index >= 15 is 0 Å². The van der Waals surface area contributed by atoms with Gasteiger partial charge in [0.15, 0.2) is 0 Å². The fraction of sp³-hybridized carbons (Fsp3) is 0.867. The van der Waals surface area contributed by atoms with Crippen molar-refractivity contribution in [2.45, 2.75) is 65.2 Å². The van der Waals surface area contributed by atoms with E-state index in [1.165, 1.54) is 0 Å². The van der Waals surface area contributed by atoms with E-state index in [2.05, 4.69) is 10.5 Å². The van der Waals surface area contributed by atoms with E-state index in [0.717, 1.165) is 12.8 Å². The third kappa shape index (κ3) is 7.32. The molecule has 6 heteroatoms. The zero-order chi connectivity index (χ0) is 15.9. The Balaban J connectivity index is 2.27. The van der Waals surface area contributed by atoms with Crippen molar-refractivity contribution in [3.8, 4) is 0 Å². The summed E-state index contributed by atoms with van der Waals surface area (Å²) in [4.78, 5) is 13.7. The highest BCUT2D eigenvalue weighted by atomic mass is 16.6. The minimum atomic E-state index is -0.439. The Labute approximate surface area is 127 Å². The molecule has 1 fully saturated rings. The summed E-state index contributed by atoms with van der Waals surface area (Å²) in [5.74, 6) is 0. The monoisotopic (exact) mass is 299 g/mol. The van der Waals surface area contributed by atoms with Crippen LogP contribution in [0.15, 0.2) is 5.10 Å². The van der Waals surface area contributed by atoms with Gasteiger partial charge in [-0.1, -0.05) is 0 Å². The van der Waals surface area contributed by atoms with Gasteiger partial charge in [0.05, 0.1) is 12.3 Å². The number of amides is 1. The van der Waals surface area contributed by atoms with Crippen LogP contribution in [0.1, 0.15) is 47.5 Å². The highest BCUT2D eigenvalue weighted by Crippen LogP contribution is 2.15. The van der Waals surface area contributed by atoms with Crippen LogP contribution in [0.2, 0.25) is 0 Å². The lowest BCUT2D eigenvalue weighted by Crippen LogP contribution is -2.45. The lowest BCUT2D eigenvalue weighted by molar-refractivity contribution is 0.0198. The Morgan fingerprint density at radius 1 is 1.43 bits per heavy atom. The largest absolute Gasteiger partial charge is 0.444 e. The molecule has 0 aliphatic carbocycles. The highest BCUT2D eigenvalue weighted by Gasteiger charge is 2.26. The summed E-state index contributed by atoms with van der Waals surface area (Å²) in [7, 11) is 0. The van der Waals surface area contributed by atoms with Crippen LogP contribution in [0, 0.1) is 0 Å². The Bertz CT molecular complexity index is 345. The van der Waals surface area contributed by atoms with Gasteiger partial charge in [-0.3, -0.25) is 0 Å². The summed E-state index contributed by atoms with van der Waals surface area (Å²) in [6, 6.07) is 0.300. The standard InChI is InChI=1S/C15H29N3O3/c1-6-20-12(2)11-16-17-13-7-9-18(10-8-13)14(19)21-15(3,4)5/h11-13,17H,6-10H2,1-5H3/b16-11+. The van der Waals surface area contributed by atoms with Crippen LogP contribution in [0.5, 0.6) is 0 Å². The van der Waals surface area contributed by atoms with Crippen LogP contribution in [0.25, 0.3) is 0 Å². The van der Waals surface area contributed by atoms with Crippen molar-refractivity contribution in [1.29, 1.82) is 0 Å². The highest BCUT2D eigenvalue weighted by molar-refractivity contribution is 5.68. The molecule has 1 atom stereocenters. The number of hydrazone groups is 1. The van der Waals surface area contributed by atoms with Gasteiger partial charge in [0.2, 0.25) is 0 Å². The number of hydrogen-bond acceptors (Lipinski definition) is 5. The van der Waals surface area contributed by atoms with Gasteiger partial charge < -0.3 is 19.8 Å². The third-order valence-electron chi connectivity index (χ3n) is 3.12. The van der Waals surface area contributed by atoms with Crippen molar-refractivity contribution in [3.05, 3.63) is 0 Å². The van der Waals surface area contributed by atoms with Crippen LogP contribution >= 0.6 is 0 Å². The average Bonchev–Trinajstić information content (AvgIpc) is 2.38. The van der Waals surface area contributed by atoms with E-state index in [-0.39, 0.29) is 12.2 Å². The Kier molecular flexibility index (Phi) is 6.95. The molecule has 1 unspecified atom stereocenters. The van der Waals surface area contributed by atoms with E-state index in [4.69, 9.17) is 9.47 Å². The van der Waals surface area contributed by atoms with Crippen LogP contribution in [-0.2, 0) is 9.47 Å². The smallest absolute Gasteiger partial charge is 0.410 e. The maximum Gasteiger partial charge on any atom is 0.410 e.